The molecule has 0 aromatic heterocycles. The van der Waals surface area contributed by atoms with Crippen LogP contribution in [-0.4, -0.2) is 6.04 Å². The predicted molar refractivity (Wildman–Crippen MR) is 75.8 cm³/mol. The van der Waals surface area contributed by atoms with Gasteiger partial charge < -0.3 is 0 Å². The summed E-state index contributed by atoms with van der Waals surface area (Å²) < 4.78 is 0. The van der Waals surface area contributed by atoms with Gasteiger partial charge in [0.15, 0.2) is 0 Å². The highest BCUT2D eigenvalue weighted by atomic mass is 15.2. The van der Waals surface area contributed by atoms with E-state index in [-0.39, 0.29) is 0 Å². The molecule has 4 rings (SSSR count). The normalized spacial score (nSPS) is 52.0. The van der Waals surface area contributed by atoms with Crippen molar-refractivity contribution in [2.75, 3.05) is 0 Å². The summed E-state index contributed by atoms with van der Waals surface area (Å²) in [6.45, 7) is 9.73. The number of nitrogens with two attached hydrogens (primary N) is 1. The lowest BCUT2D eigenvalue weighted by molar-refractivity contribution is -0.162. The SMILES string of the molecule is CC(C)C(NN)C12CC3CC(C)(CC(C)(C3)C1)C2. The molecule has 4 fully saturated rings. The Labute approximate surface area is 112 Å². The summed E-state index contributed by atoms with van der Waals surface area (Å²) in [5, 5.41) is 0. The number of hydrazine groups is 1. The second-order valence-electron chi connectivity index (χ2n) is 8.88. The Hall–Kier alpha value is -0.0800. The van der Waals surface area contributed by atoms with Gasteiger partial charge in [-0.05, 0) is 66.6 Å². The third-order valence-corrected chi connectivity index (χ3v) is 6.18. The molecule has 3 unspecified atom stereocenters. The summed E-state index contributed by atoms with van der Waals surface area (Å²) in [5.41, 5.74) is 4.86. The second kappa shape index (κ2) is 3.73. The predicted octanol–water partition coefficient (Wildman–Crippen LogP) is 3.47. The fraction of sp³-hybridized carbons (Fsp3) is 1.00. The molecular weight excluding hydrogens is 220 g/mol. The first-order valence-corrected chi connectivity index (χ1v) is 7.76. The first kappa shape index (κ1) is 12.9. The van der Waals surface area contributed by atoms with Crippen LogP contribution in [0.2, 0.25) is 0 Å². The molecule has 104 valence electrons. The van der Waals surface area contributed by atoms with Crippen molar-refractivity contribution in [1.82, 2.24) is 5.43 Å². The molecule has 0 spiro atoms. The maximum Gasteiger partial charge on any atom is 0.0290 e. The molecule has 18 heavy (non-hydrogen) atoms. The third kappa shape index (κ3) is 1.76. The van der Waals surface area contributed by atoms with E-state index in [4.69, 9.17) is 5.84 Å². The lowest BCUT2D eigenvalue weighted by Crippen LogP contribution is -2.63. The summed E-state index contributed by atoms with van der Waals surface area (Å²) in [5.74, 6) is 7.53. The van der Waals surface area contributed by atoms with Crippen molar-refractivity contribution in [3.63, 3.8) is 0 Å². The van der Waals surface area contributed by atoms with Crippen LogP contribution < -0.4 is 11.3 Å². The first-order valence-electron chi connectivity index (χ1n) is 7.76. The van der Waals surface area contributed by atoms with Gasteiger partial charge in [0.05, 0.1) is 0 Å². The van der Waals surface area contributed by atoms with Crippen molar-refractivity contribution in [2.24, 2.45) is 33.9 Å². The lowest BCUT2D eigenvalue weighted by atomic mass is 9.38. The molecule has 0 aromatic carbocycles. The number of hydrogen-bond acceptors (Lipinski definition) is 2. The minimum Gasteiger partial charge on any atom is -0.271 e. The molecule has 0 aliphatic heterocycles. The maximum absolute atomic E-state index is 5.93. The van der Waals surface area contributed by atoms with Gasteiger partial charge in [-0.15, -0.1) is 0 Å². The van der Waals surface area contributed by atoms with Gasteiger partial charge in [0.25, 0.3) is 0 Å². The van der Waals surface area contributed by atoms with Gasteiger partial charge in [0, 0.05) is 6.04 Å². The van der Waals surface area contributed by atoms with E-state index in [0.29, 0.717) is 28.2 Å². The second-order valence-corrected chi connectivity index (χ2v) is 8.88. The zero-order valence-corrected chi connectivity index (χ0v) is 12.6. The molecule has 0 radical (unpaired) electrons. The van der Waals surface area contributed by atoms with Gasteiger partial charge in [-0.2, -0.15) is 0 Å². The highest BCUT2D eigenvalue weighted by molar-refractivity contribution is 5.13. The summed E-state index contributed by atoms with van der Waals surface area (Å²) in [6.07, 6.45) is 8.62. The van der Waals surface area contributed by atoms with E-state index in [1.165, 1.54) is 38.5 Å². The van der Waals surface area contributed by atoms with Crippen LogP contribution in [-0.2, 0) is 0 Å². The van der Waals surface area contributed by atoms with Crippen molar-refractivity contribution in [2.45, 2.75) is 72.3 Å². The van der Waals surface area contributed by atoms with Crippen LogP contribution in [0.15, 0.2) is 0 Å². The summed E-state index contributed by atoms with van der Waals surface area (Å²) in [6, 6.07) is 0.500. The highest BCUT2D eigenvalue weighted by Gasteiger charge is 2.62. The molecule has 4 saturated carbocycles. The van der Waals surface area contributed by atoms with Crippen LogP contribution >= 0.6 is 0 Å². The van der Waals surface area contributed by atoms with Crippen LogP contribution in [0.25, 0.3) is 0 Å². The molecule has 2 nitrogen and oxygen atoms in total. The van der Waals surface area contributed by atoms with E-state index in [0.717, 1.165) is 5.92 Å². The Balaban J connectivity index is 1.98. The molecule has 4 aliphatic rings. The molecular formula is C16H30N2. The zero-order chi connectivity index (χ0) is 13.2. The van der Waals surface area contributed by atoms with E-state index in [2.05, 4.69) is 33.1 Å². The summed E-state index contributed by atoms with van der Waals surface area (Å²) >= 11 is 0. The third-order valence-electron chi connectivity index (χ3n) is 6.18. The van der Waals surface area contributed by atoms with Crippen LogP contribution in [0.4, 0.5) is 0 Å². The van der Waals surface area contributed by atoms with Crippen LogP contribution in [0.1, 0.15) is 66.2 Å². The maximum atomic E-state index is 5.93. The van der Waals surface area contributed by atoms with Crippen LogP contribution in [0.3, 0.4) is 0 Å². The van der Waals surface area contributed by atoms with Gasteiger partial charge in [-0.3, -0.25) is 11.3 Å². The van der Waals surface area contributed by atoms with Crippen molar-refractivity contribution in [1.29, 1.82) is 0 Å². The van der Waals surface area contributed by atoms with E-state index in [1.807, 2.05) is 0 Å². The fourth-order valence-corrected chi connectivity index (χ4v) is 6.96. The molecule has 0 amide bonds. The van der Waals surface area contributed by atoms with Crippen molar-refractivity contribution in [3.05, 3.63) is 0 Å². The smallest absolute Gasteiger partial charge is 0.0290 e. The molecule has 4 aliphatic carbocycles. The zero-order valence-electron chi connectivity index (χ0n) is 12.6. The van der Waals surface area contributed by atoms with Gasteiger partial charge in [0.1, 0.15) is 0 Å². The number of rotatable bonds is 3. The highest BCUT2D eigenvalue weighted by Crippen LogP contribution is 2.70. The standard InChI is InChI=1S/C16H30N2/c1-11(2)13(18-17)16-7-12-5-14(3,9-16)8-15(4,6-12)10-16/h11-13,18H,5-10,17H2,1-4H3. The quantitative estimate of drug-likeness (QED) is 0.594. The van der Waals surface area contributed by atoms with E-state index < -0.39 is 0 Å². The Kier molecular flexibility index (Phi) is 2.68. The van der Waals surface area contributed by atoms with E-state index in [1.54, 1.807) is 0 Å². The minimum absolute atomic E-state index is 0.478. The van der Waals surface area contributed by atoms with E-state index in [9.17, 15) is 0 Å². The van der Waals surface area contributed by atoms with E-state index >= 15 is 0 Å². The Bertz CT molecular complexity index is 331. The minimum atomic E-state index is 0.478. The van der Waals surface area contributed by atoms with Gasteiger partial charge in [0.2, 0.25) is 0 Å². The molecule has 0 heterocycles. The van der Waals surface area contributed by atoms with Crippen molar-refractivity contribution < 1.29 is 0 Å². The molecule has 0 saturated heterocycles. The Morgan fingerprint density at radius 1 is 1.00 bits per heavy atom. The number of nitrogens with one attached hydrogen (secondary N) is 1. The molecule has 0 aromatic rings. The molecule has 3 atom stereocenters. The molecule has 4 bridgehead atoms. The van der Waals surface area contributed by atoms with Gasteiger partial charge >= 0.3 is 0 Å². The van der Waals surface area contributed by atoms with Gasteiger partial charge in [-0.25, -0.2) is 0 Å². The first-order chi connectivity index (χ1) is 8.30. The lowest BCUT2D eigenvalue weighted by Gasteiger charge is -2.67. The van der Waals surface area contributed by atoms with Crippen molar-refractivity contribution >= 4 is 0 Å². The summed E-state index contributed by atoms with van der Waals surface area (Å²) in [7, 11) is 0. The largest absolute Gasteiger partial charge is 0.271 e. The Morgan fingerprint density at radius 2 is 1.56 bits per heavy atom. The average Bonchev–Trinajstić information content (AvgIpc) is 2.10. The van der Waals surface area contributed by atoms with Crippen LogP contribution in [0.5, 0.6) is 0 Å². The average molecular weight is 250 g/mol. The fourth-order valence-electron chi connectivity index (χ4n) is 6.96. The summed E-state index contributed by atoms with van der Waals surface area (Å²) in [4.78, 5) is 0. The van der Waals surface area contributed by atoms with Crippen molar-refractivity contribution in [3.8, 4) is 0 Å². The van der Waals surface area contributed by atoms with Gasteiger partial charge in [-0.1, -0.05) is 27.7 Å². The van der Waals surface area contributed by atoms with Crippen LogP contribution in [0, 0.1) is 28.1 Å². The Morgan fingerprint density at radius 3 is 1.94 bits per heavy atom. The topological polar surface area (TPSA) is 38.0 Å². The molecule has 3 N–H and O–H groups in total. The molecule has 2 heteroatoms. The monoisotopic (exact) mass is 250 g/mol. The number of hydrogen-bond donors (Lipinski definition) is 2.